The summed E-state index contributed by atoms with van der Waals surface area (Å²) < 4.78 is 24.1. The Morgan fingerprint density at radius 1 is 1.09 bits per heavy atom. The van der Waals surface area contributed by atoms with Crippen molar-refractivity contribution in [3.05, 3.63) is 63.5 Å². The Balaban J connectivity index is 1.97. The van der Waals surface area contributed by atoms with Crippen LogP contribution in [0.1, 0.15) is 11.1 Å². The maximum Gasteiger partial charge on any atom is 0.311 e. The normalized spacial score (nSPS) is 10.3. The van der Waals surface area contributed by atoms with Gasteiger partial charge in [0.1, 0.15) is 24.8 Å². The molecule has 0 aliphatic rings. The van der Waals surface area contributed by atoms with Crippen LogP contribution in [0.25, 0.3) is 0 Å². The van der Waals surface area contributed by atoms with E-state index in [2.05, 4.69) is 0 Å². The number of nitro benzene ring substituents is 1. The molecule has 0 aliphatic heterocycles. The number of benzene rings is 2. The predicted octanol–water partition coefficient (Wildman–Crippen LogP) is 3.81. The van der Waals surface area contributed by atoms with Crippen molar-refractivity contribution >= 4 is 5.69 Å². The fraction of sp³-hybridized carbons (Fsp3) is 0.250. The molecule has 5 nitrogen and oxygen atoms in total. The lowest BCUT2D eigenvalue weighted by Crippen LogP contribution is -2.11. The lowest BCUT2D eigenvalue weighted by molar-refractivity contribution is -0.385. The van der Waals surface area contributed by atoms with Gasteiger partial charge in [-0.2, -0.15) is 0 Å². The molecule has 0 fully saturated rings. The second-order valence-corrected chi connectivity index (χ2v) is 4.79. The van der Waals surface area contributed by atoms with Crippen LogP contribution in [0.4, 0.5) is 10.1 Å². The van der Waals surface area contributed by atoms with Gasteiger partial charge in [-0.3, -0.25) is 10.1 Å². The molecule has 22 heavy (non-hydrogen) atoms. The van der Waals surface area contributed by atoms with Crippen molar-refractivity contribution in [1.29, 1.82) is 0 Å². The highest BCUT2D eigenvalue weighted by Gasteiger charge is 2.15. The first-order valence-electron chi connectivity index (χ1n) is 6.75. The smallest absolute Gasteiger partial charge is 0.311 e. The number of aryl methyl sites for hydroxylation is 2. The van der Waals surface area contributed by atoms with Crippen molar-refractivity contribution in [3.63, 3.8) is 0 Å². The van der Waals surface area contributed by atoms with Crippen LogP contribution in [-0.2, 0) is 0 Å². The molecular weight excluding hydrogens is 289 g/mol. The van der Waals surface area contributed by atoms with Gasteiger partial charge in [0.25, 0.3) is 0 Å². The molecule has 2 aromatic carbocycles. The molecular formula is C16H16FNO4. The van der Waals surface area contributed by atoms with Crippen LogP contribution in [0.2, 0.25) is 0 Å². The van der Waals surface area contributed by atoms with Crippen molar-refractivity contribution in [1.82, 2.24) is 0 Å². The summed E-state index contributed by atoms with van der Waals surface area (Å²) in [5.41, 5.74) is 1.72. The first-order valence-corrected chi connectivity index (χ1v) is 6.75. The summed E-state index contributed by atoms with van der Waals surface area (Å²) in [4.78, 5) is 10.2. The SMILES string of the molecule is Cc1cccc(C)c1OCCOc1cc(F)ccc1[N+](=O)[O-]. The molecule has 6 heteroatoms. The molecule has 0 saturated carbocycles. The zero-order valence-electron chi connectivity index (χ0n) is 12.3. The number of rotatable bonds is 6. The molecule has 0 aliphatic carbocycles. The number of hydrogen-bond acceptors (Lipinski definition) is 4. The average molecular weight is 305 g/mol. The molecule has 0 spiro atoms. The molecule has 0 bridgehead atoms. The Kier molecular flexibility index (Phi) is 4.93. The summed E-state index contributed by atoms with van der Waals surface area (Å²) in [6.07, 6.45) is 0. The lowest BCUT2D eigenvalue weighted by Gasteiger charge is -2.12. The van der Waals surface area contributed by atoms with Crippen LogP contribution < -0.4 is 9.47 Å². The van der Waals surface area contributed by atoms with E-state index in [0.717, 1.165) is 35.1 Å². The zero-order chi connectivity index (χ0) is 16.1. The Morgan fingerprint density at radius 2 is 1.73 bits per heavy atom. The van der Waals surface area contributed by atoms with Gasteiger partial charge in [-0.15, -0.1) is 0 Å². The largest absolute Gasteiger partial charge is 0.489 e. The second kappa shape index (κ2) is 6.89. The zero-order valence-corrected chi connectivity index (χ0v) is 12.3. The van der Waals surface area contributed by atoms with Crippen molar-refractivity contribution in [2.45, 2.75) is 13.8 Å². The van der Waals surface area contributed by atoms with Crippen LogP contribution in [0.15, 0.2) is 36.4 Å². The summed E-state index contributed by atoms with van der Waals surface area (Å²) in [6.45, 7) is 4.15. The van der Waals surface area contributed by atoms with Gasteiger partial charge in [0.2, 0.25) is 0 Å². The monoisotopic (exact) mass is 305 g/mol. The van der Waals surface area contributed by atoms with Crippen molar-refractivity contribution < 1.29 is 18.8 Å². The Bertz CT molecular complexity index is 668. The van der Waals surface area contributed by atoms with Gasteiger partial charge in [-0.05, 0) is 31.0 Å². The van der Waals surface area contributed by atoms with Gasteiger partial charge >= 0.3 is 5.69 Å². The molecule has 0 unspecified atom stereocenters. The third-order valence-electron chi connectivity index (χ3n) is 3.11. The molecule has 0 saturated heterocycles. The first kappa shape index (κ1) is 15.8. The summed E-state index contributed by atoms with van der Waals surface area (Å²) in [7, 11) is 0. The topological polar surface area (TPSA) is 61.6 Å². The van der Waals surface area contributed by atoms with Gasteiger partial charge in [0.15, 0.2) is 5.75 Å². The number of ether oxygens (including phenoxy) is 2. The van der Waals surface area contributed by atoms with E-state index in [1.165, 1.54) is 0 Å². The molecule has 0 aromatic heterocycles. The van der Waals surface area contributed by atoms with Crippen LogP contribution in [-0.4, -0.2) is 18.1 Å². The molecule has 0 atom stereocenters. The lowest BCUT2D eigenvalue weighted by atomic mass is 10.1. The standard InChI is InChI=1S/C16H16FNO4/c1-11-4-3-5-12(2)16(11)22-9-8-21-15-10-13(17)6-7-14(15)18(19)20/h3-7,10H,8-9H2,1-2H3. The van der Waals surface area contributed by atoms with Crippen molar-refractivity contribution in [2.75, 3.05) is 13.2 Å². The van der Waals surface area contributed by atoms with Crippen LogP contribution in [0, 0.1) is 29.8 Å². The summed E-state index contributed by atoms with van der Waals surface area (Å²) in [5, 5.41) is 10.8. The molecule has 0 radical (unpaired) electrons. The third kappa shape index (κ3) is 3.72. The minimum atomic E-state index is -0.610. The van der Waals surface area contributed by atoms with Crippen LogP contribution >= 0.6 is 0 Å². The average Bonchev–Trinajstić information content (AvgIpc) is 2.45. The molecule has 2 aromatic rings. The number of hydrogen-bond donors (Lipinski definition) is 0. The number of para-hydroxylation sites is 1. The maximum absolute atomic E-state index is 13.2. The van der Waals surface area contributed by atoms with E-state index >= 15 is 0 Å². The third-order valence-corrected chi connectivity index (χ3v) is 3.11. The van der Waals surface area contributed by atoms with E-state index in [1.54, 1.807) is 0 Å². The Labute approximate surface area is 127 Å². The minimum Gasteiger partial charge on any atom is -0.489 e. The van der Waals surface area contributed by atoms with Gasteiger partial charge < -0.3 is 9.47 Å². The number of nitrogens with zero attached hydrogens (tertiary/aromatic N) is 1. The minimum absolute atomic E-state index is 0.0814. The molecule has 0 amide bonds. The van der Waals surface area contributed by atoms with Crippen molar-refractivity contribution in [3.8, 4) is 11.5 Å². The van der Waals surface area contributed by atoms with Gasteiger partial charge in [0.05, 0.1) is 4.92 Å². The number of nitro groups is 1. The number of halogens is 1. The van der Waals surface area contributed by atoms with E-state index in [-0.39, 0.29) is 24.7 Å². The van der Waals surface area contributed by atoms with Crippen LogP contribution in [0.3, 0.4) is 0 Å². The Hall–Kier alpha value is -2.63. The van der Waals surface area contributed by atoms with Gasteiger partial charge in [-0.25, -0.2) is 4.39 Å². The highest BCUT2D eigenvalue weighted by molar-refractivity contribution is 5.46. The van der Waals surface area contributed by atoms with E-state index in [0.29, 0.717) is 0 Å². The fourth-order valence-corrected chi connectivity index (χ4v) is 2.08. The quantitative estimate of drug-likeness (QED) is 0.462. The Morgan fingerprint density at radius 3 is 2.36 bits per heavy atom. The van der Waals surface area contributed by atoms with E-state index in [4.69, 9.17) is 9.47 Å². The highest BCUT2D eigenvalue weighted by atomic mass is 19.1. The van der Waals surface area contributed by atoms with Gasteiger partial charge in [0, 0.05) is 12.1 Å². The van der Waals surface area contributed by atoms with E-state index in [9.17, 15) is 14.5 Å². The first-order chi connectivity index (χ1) is 10.5. The predicted molar refractivity (Wildman–Crippen MR) is 80.0 cm³/mol. The van der Waals surface area contributed by atoms with Crippen molar-refractivity contribution in [2.24, 2.45) is 0 Å². The molecule has 2 rings (SSSR count). The highest BCUT2D eigenvalue weighted by Crippen LogP contribution is 2.27. The molecule has 116 valence electrons. The second-order valence-electron chi connectivity index (χ2n) is 4.79. The van der Waals surface area contributed by atoms with Crippen LogP contribution in [0.5, 0.6) is 11.5 Å². The van der Waals surface area contributed by atoms with E-state index < -0.39 is 10.7 Å². The molecule has 0 N–H and O–H groups in total. The summed E-state index contributed by atoms with van der Waals surface area (Å²) in [6, 6.07) is 8.90. The van der Waals surface area contributed by atoms with Gasteiger partial charge in [-0.1, -0.05) is 18.2 Å². The molecule has 0 heterocycles. The summed E-state index contributed by atoms with van der Waals surface area (Å²) >= 11 is 0. The summed E-state index contributed by atoms with van der Waals surface area (Å²) in [5.74, 6) is 0.0752. The van der Waals surface area contributed by atoms with E-state index in [1.807, 2.05) is 32.0 Å². The fourth-order valence-electron chi connectivity index (χ4n) is 2.08. The maximum atomic E-state index is 13.2.